The van der Waals surface area contributed by atoms with Crippen LogP contribution in [0.25, 0.3) is 0 Å². The summed E-state index contributed by atoms with van der Waals surface area (Å²) in [4.78, 5) is 23.2. The third kappa shape index (κ3) is 6.00. The molecule has 1 atom stereocenters. The minimum absolute atomic E-state index is 0.0178. The van der Waals surface area contributed by atoms with Gasteiger partial charge in [-0.3, -0.25) is 9.59 Å². The van der Waals surface area contributed by atoms with Gasteiger partial charge in [-0.25, -0.2) is 0 Å². The zero-order valence-corrected chi connectivity index (χ0v) is 11.3. The summed E-state index contributed by atoms with van der Waals surface area (Å²) in [5.41, 5.74) is 0. The van der Waals surface area contributed by atoms with Crippen molar-refractivity contribution in [3.05, 3.63) is 0 Å². The largest absolute Gasteiger partial charge is 0.379 e. The fourth-order valence-corrected chi connectivity index (χ4v) is 1.90. The lowest BCUT2D eigenvalue weighted by molar-refractivity contribution is -0.128. The summed E-state index contributed by atoms with van der Waals surface area (Å²) < 4.78 is 5.39. The van der Waals surface area contributed by atoms with Crippen molar-refractivity contribution < 1.29 is 14.3 Å². The first-order valence-corrected chi connectivity index (χ1v) is 6.78. The smallest absolute Gasteiger partial charge is 0.242 e. The minimum Gasteiger partial charge on any atom is -0.379 e. The van der Waals surface area contributed by atoms with E-state index in [0.29, 0.717) is 19.6 Å². The molecule has 1 rings (SSSR count). The van der Waals surface area contributed by atoms with Crippen molar-refractivity contribution in [2.45, 2.75) is 58.1 Å². The van der Waals surface area contributed by atoms with Crippen LogP contribution in [0.4, 0.5) is 0 Å². The normalized spacial score (nSPS) is 20.4. The Morgan fingerprint density at radius 3 is 3.00 bits per heavy atom. The molecular formula is C13H24N2O3. The summed E-state index contributed by atoms with van der Waals surface area (Å²) in [6, 6.07) is -0.356. The molecule has 1 fully saturated rings. The van der Waals surface area contributed by atoms with Crippen molar-refractivity contribution in [1.82, 2.24) is 10.6 Å². The average molecular weight is 256 g/mol. The number of carbonyl (C=O) groups is 2. The van der Waals surface area contributed by atoms with Gasteiger partial charge in [-0.05, 0) is 33.1 Å². The Kier molecular flexibility index (Phi) is 6.72. The number of amides is 2. The van der Waals surface area contributed by atoms with Crippen LogP contribution < -0.4 is 10.6 Å². The number of hydrogen-bond donors (Lipinski definition) is 2. The molecule has 0 aromatic rings. The highest BCUT2D eigenvalue weighted by atomic mass is 16.5. The Morgan fingerprint density at radius 2 is 2.28 bits per heavy atom. The topological polar surface area (TPSA) is 67.4 Å². The monoisotopic (exact) mass is 256 g/mol. The molecule has 0 aliphatic carbocycles. The second-order valence-corrected chi connectivity index (χ2v) is 4.93. The number of nitrogens with one attached hydrogen (secondary N) is 2. The van der Waals surface area contributed by atoms with Gasteiger partial charge in [0.05, 0.1) is 6.10 Å². The van der Waals surface area contributed by atoms with Crippen LogP contribution in [0, 0.1) is 0 Å². The zero-order chi connectivity index (χ0) is 13.4. The molecule has 18 heavy (non-hydrogen) atoms. The van der Waals surface area contributed by atoms with Crippen LogP contribution >= 0.6 is 0 Å². The van der Waals surface area contributed by atoms with Crippen LogP contribution in [-0.4, -0.2) is 37.1 Å². The SMILES string of the molecule is CC(C)OCCCNC(=O)C1CCCCC(=O)N1. The van der Waals surface area contributed by atoms with Gasteiger partial charge in [-0.15, -0.1) is 0 Å². The lowest BCUT2D eigenvalue weighted by atomic mass is 10.1. The molecule has 0 spiro atoms. The van der Waals surface area contributed by atoms with Crippen LogP contribution in [0.15, 0.2) is 0 Å². The molecule has 104 valence electrons. The molecule has 1 unspecified atom stereocenters. The maximum atomic E-state index is 11.8. The van der Waals surface area contributed by atoms with E-state index < -0.39 is 0 Å². The molecule has 1 saturated heterocycles. The van der Waals surface area contributed by atoms with Crippen LogP contribution in [0.2, 0.25) is 0 Å². The van der Waals surface area contributed by atoms with Gasteiger partial charge < -0.3 is 15.4 Å². The third-order valence-corrected chi connectivity index (χ3v) is 2.87. The molecule has 2 N–H and O–H groups in total. The molecule has 5 nitrogen and oxygen atoms in total. The van der Waals surface area contributed by atoms with Crippen LogP contribution in [0.3, 0.4) is 0 Å². The fraction of sp³-hybridized carbons (Fsp3) is 0.846. The van der Waals surface area contributed by atoms with Gasteiger partial charge in [0.15, 0.2) is 0 Å². The molecular weight excluding hydrogens is 232 g/mol. The van der Waals surface area contributed by atoms with Crippen molar-refractivity contribution in [3.8, 4) is 0 Å². The molecule has 1 aliphatic heterocycles. The van der Waals surface area contributed by atoms with E-state index in [1.165, 1.54) is 0 Å². The van der Waals surface area contributed by atoms with Crippen molar-refractivity contribution in [2.24, 2.45) is 0 Å². The molecule has 0 radical (unpaired) electrons. The summed E-state index contributed by atoms with van der Waals surface area (Å²) in [5.74, 6) is -0.0920. The summed E-state index contributed by atoms with van der Waals surface area (Å²) >= 11 is 0. The molecule has 5 heteroatoms. The number of carbonyl (C=O) groups excluding carboxylic acids is 2. The summed E-state index contributed by atoms with van der Waals surface area (Å²) in [6.07, 6.45) is 4.09. The third-order valence-electron chi connectivity index (χ3n) is 2.87. The molecule has 1 heterocycles. The Bertz CT molecular complexity index is 279. The Labute approximate surface area is 109 Å². The van der Waals surface area contributed by atoms with E-state index in [0.717, 1.165) is 25.7 Å². The number of ether oxygens (including phenoxy) is 1. The Hall–Kier alpha value is -1.10. The van der Waals surface area contributed by atoms with E-state index in [9.17, 15) is 9.59 Å². The van der Waals surface area contributed by atoms with Gasteiger partial charge >= 0.3 is 0 Å². The number of hydrogen-bond acceptors (Lipinski definition) is 3. The van der Waals surface area contributed by atoms with Crippen molar-refractivity contribution in [3.63, 3.8) is 0 Å². The highest BCUT2D eigenvalue weighted by molar-refractivity contribution is 5.87. The van der Waals surface area contributed by atoms with E-state index in [-0.39, 0.29) is 24.0 Å². The number of rotatable bonds is 6. The highest BCUT2D eigenvalue weighted by Gasteiger charge is 2.22. The van der Waals surface area contributed by atoms with Gasteiger partial charge in [-0.2, -0.15) is 0 Å². The Morgan fingerprint density at radius 1 is 1.50 bits per heavy atom. The standard InChI is InChI=1S/C13H24N2O3/c1-10(2)18-9-5-8-14-13(17)11-6-3-4-7-12(16)15-11/h10-11H,3-9H2,1-2H3,(H,14,17)(H,15,16). The first kappa shape index (κ1) is 15.0. The van der Waals surface area contributed by atoms with E-state index in [1.54, 1.807) is 0 Å². The predicted molar refractivity (Wildman–Crippen MR) is 69.1 cm³/mol. The molecule has 0 aromatic carbocycles. The first-order valence-electron chi connectivity index (χ1n) is 6.78. The lowest BCUT2D eigenvalue weighted by Gasteiger charge is -2.15. The van der Waals surface area contributed by atoms with Crippen LogP contribution in [0.1, 0.15) is 46.0 Å². The fourth-order valence-electron chi connectivity index (χ4n) is 1.90. The second kappa shape index (κ2) is 8.08. The summed E-state index contributed by atoms with van der Waals surface area (Å²) in [7, 11) is 0. The maximum Gasteiger partial charge on any atom is 0.242 e. The zero-order valence-electron chi connectivity index (χ0n) is 11.3. The van der Waals surface area contributed by atoms with Crippen molar-refractivity contribution >= 4 is 11.8 Å². The maximum absolute atomic E-state index is 11.8. The summed E-state index contributed by atoms with van der Waals surface area (Å²) in [5, 5.41) is 5.60. The van der Waals surface area contributed by atoms with Gasteiger partial charge in [0.2, 0.25) is 11.8 Å². The van der Waals surface area contributed by atoms with Crippen LogP contribution in [0.5, 0.6) is 0 Å². The predicted octanol–water partition coefficient (Wildman–Crippen LogP) is 0.976. The lowest BCUT2D eigenvalue weighted by Crippen LogP contribution is -2.46. The van der Waals surface area contributed by atoms with E-state index >= 15 is 0 Å². The van der Waals surface area contributed by atoms with Gasteiger partial charge in [0, 0.05) is 19.6 Å². The minimum atomic E-state index is -0.356. The molecule has 0 bridgehead atoms. The quantitative estimate of drug-likeness (QED) is 0.696. The molecule has 2 amide bonds. The molecule has 1 aliphatic rings. The molecule has 0 aromatic heterocycles. The van der Waals surface area contributed by atoms with Gasteiger partial charge in [0.1, 0.15) is 6.04 Å². The van der Waals surface area contributed by atoms with E-state index in [2.05, 4.69) is 10.6 Å². The van der Waals surface area contributed by atoms with Crippen molar-refractivity contribution in [1.29, 1.82) is 0 Å². The average Bonchev–Trinajstić information content (AvgIpc) is 2.53. The van der Waals surface area contributed by atoms with Crippen molar-refractivity contribution in [2.75, 3.05) is 13.2 Å². The first-order chi connectivity index (χ1) is 8.59. The Balaban J connectivity index is 2.17. The van der Waals surface area contributed by atoms with E-state index in [1.807, 2.05) is 13.8 Å². The second-order valence-electron chi connectivity index (χ2n) is 4.93. The van der Waals surface area contributed by atoms with E-state index in [4.69, 9.17) is 4.74 Å². The van der Waals surface area contributed by atoms with Crippen LogP contribution in [-0.2, 0) is 14.3 Å². The highest BCUT2D eigenvalue weighted by Crippen LogP contribution is 2.09. The molecule has 0 saturated carbocycles. The summed E-state index contributed by atoms with van der Waals surface area (Å²) in [6.45, 7) is 5.21. The van der Waals surface area contributed by atoms with Gasteiger partial charge in [-0.1, -0.05) is 6.42 Å². The van der Waals surface area contributed by atoms with Gasteiger partial charge in [0.25, 0.3) is 0 Å².